The van der Waals surface area contributed by atoms with E-state index in [1.165, 1.54) is 18.2 Å². The molecule has 3 unspecified atom stereocenters. The standard InChI is InChI=1S/C18H28N2O2S/c1-18(2)16(15-7-5-4-6-8-15)11-17(18)19-12-14-9-10-20(13-14)23(3,21)22/h4-8,14,16-17,19H,9-13H2,1-3H3. The van der Waals surface area contributed by atoms with Crippen molar-refractivity contribution in [2.45, 2.75) is 38.6 Å². The van der Waals surface area contributed by atoms with Crippen molar-refractivity contribution in [3.63, 3.8) is 0 Å². The molecule has 23 heavy (non-hydrogen) atoms. The molecule has 128 valence electrons. The summed E-state index contributed by atoms with van der Waals surface area (Å²) in [5.41, 5.74) is 1.68. The molecule has 1 saturated carbocycles. The van der Waals surface area contributed by atoms with Gasteiger partial charge in [-0.3, -0.25) is 0 Å². The number of hydrogen-bond acceptors (Lipinski definition) is 3. The Morgan fingerprint density at radius 2 is 1.96 bits per heavy atom. The molecular formula is C18H28N2O2S. The molecular weight excluding hydrogens is 308 g/mol. The molecule has 3 atom stereocenters. The van der Waals surface area contributed by atoms with E-state index >= 15 is 0 Å². The summed E-state index contributed by atoms with van der Waals surface area (Å²) in [6.45, 7) is 6.93. The van der Waals surface area contributed by atoms with Gasteiger partial charge in [0.25, 0.3) is 0 Å². The number of nitrogens with one attached hydrogen (secondary N) is 1. The van der Waals surface area contributed by atoms with Gasteiger partial charge in [0.1, 0.15) is 0 Å². The lowest BCUT2D eigenvalue weighted by atomic mass is 9.56. The first kappa shape index (κ1) is 16.9. The van der Waals surface area contributed by atoms with Crippen molar-refractivity contribution in [3.8, 4) is 0 Å². The van der Waals surface area contributed by atoms with Crippen LogP contribution >= 0.6 is 0 Å². The molecule has 1 aromatic carbocycles. The first-order chi connectivity index (χ1) is 10.8. The summed E-state index contributed by atoms with van der Waals surface area (Å²) in [6.07, 6.45) is 3.44. The molecule has 3 rings (SSSR count). The molecule has 2 fully saturated rings. The molecule has 0 radical (unpaired) electrons. The Labute approximate surface area is 140 Å². The molecule has 4 nitrogen and oxygen atoms in total. The lowest BCUT2D eigenvalue weighted by Crippen LogP contribution is -2.56. The van der Waals surface area contributed by atoms with E-state index in [-0.39, 0.29) is 5.41 Å². The highest BCUT2D eigenvalue weighted by molar-refractivity contribution is 7.88. The van der Waals surface area contributed by atoms with Crippen LogP contribution in [-0.4, -0.2) is 44.7 Å². The Morgan fingerprint density at radius 1 is 1.26 bits per heavy atom. The van der Waals surface area contributed by atoms with Gasteiger partial charge in [0.15, 0.2) is 0 Å². The Morgan fingerprint density at radius 3 is 2.52 bits per heavy atom. The maximum absolute atomic E-state index is 11.6. The summed E-state index contributed by atoms with van der Waals surface area (Å²) in [7, 11) is -3.03. The molecule has 1 saturated heterocycles. The van der Waals surface area contributed by atoms with E-state index in [9.17, 15) is 8.42 Å². The lowest BCUT2D eigenvalue weighted by Gasteiger charge is -2.53. The zero-order valence-electron chi connectivity index (χ0n) is 14.3. The van der Waals surface area contributed by atoms with Crippen molar-refractivity contribution in [2.75, 3.05) is 25.9 Å². The van der Waals surface area contributed by atoms with Crippen molar-refractivity contribution in [2.24, 2.45) is 11.3 Å². The summed E-state index contributed by atoms with van der Waals surface area (Å²) in [6, 6.07) is 11.3. The maximum atomic E-state index is 11.6. The van der Waals surface area contributed by atoms with E-state index in [1.807, 2.05) is 0 Å². The van der Waals surface area contributed by atoms with Gasteiger partial charge in [-0.1, -0.05) is 44.2 Å². The van der Waals surface area contributed by atoms with Gasteiger partial charge in [0.05, 0.1) is 6.26 Å². The van der Waals surface area contributed by atoms with Crippen LogP contribution in [0.3, 0.4) is 0 Å². The third-order valence-electron chi connectivity index (χ3n) is 5.84. The van der Waals surface area contributed by atoms with Crippen LogP contribution in [0.15, 0.2) is 30.3 Å². The minimum Gasteiger partial charge on any atom is -0.313 e. The Bertz CT molecular complexity index is 642. The Balaban J connectivity index is 1.51. The number of nitrogens with zero attached hydrogens (tertiary/aromatic N) is 1. The third-order valence-corrected chi connectivity index (χ3v) is 7.11. The SMILES string of the molecule is CC1(C)C(NCC2CCN(S(C)(=O)=O)C2)CC1c1ccccc1. The molecule has 2 aliphatic rings. The van der Waals surface area contributed by atoms with Gasteiger partial charge in [0.2, 0.25) is 10.0 Å². The van der Waals surface area contributed by atoms with Crippen molar-refractivity contribution < 1.29 is 8.42 Å². The smallest absolute Gasteiger partial charge is 0.211 e. The van der Waals surface area contributed by atoms with E-state index in [2.05, 4.69) is 49.5 Å². The minimum atomic E-state index is -3.03. The summed E-state index contributed by atoms with van der Waals surface area (Å²) in [5, 5.41) is 3.70. The first-order valence-corrected chi connectivity index (χ1v) is 10.4. The Kier molecular flexibility index (Phi) is 4.55. The van der Waals surface area contributed by atoms with Gasteiger partial charge >= 0.3 is 0 Å². The second-order valence-corrected chi connectivity index (χ2v) is 9.74. The van der Waals surface area contributed by atoms with E-state index in [0.29, 0.717) is 31.0 Å². The average molecular weight is 337 g/mol. The van der Waals surface area contributed by atoms with Gasteiger partial charge in [-0.15, -0.1) is 0 Å². The second-order valence-electron chi connectivity index (χ2n) is 7.76. The second kappa shape index (κ2) is 6.19. The zero-order chi connectivity index (χ0) is 16.7. The topological polar surface area (TPSA) is 49.4 Å². The number of benzene rings is 1. The van der Waals surface area contributed by atoms with Gasteiger partial charge in [-0.2, -0.15) is 0 Å². The molecule has 1 aliphatic carbocycles. The van der Waals surface area contributed by atoms with Crippen LogP contribution in [0.25, 0.3) is 0 Å². The van der Waals surface area contributed by atoms with E-state index in [4.69, 9.17) is 0 Å². The molecule has 0 aromatic heterocycles. The van der Waals surface area contributed by atoms with Crippen molar-refractivity contribution >= 4 is 10.0 Å². The third kappa shape index (κ3) is 3.47. The van der Waals surface area contributed by atoms with E-state index in [1.54, 1.807) is 4.31 Å². The molecule has 0 amide bonds. The van der Waals surface area contributed by atoms with Crippen LogP contribution in [0.4, 0.5) is 0 Å². The minimum absolute atomic E-state index is 0.247. The fourth-order valence-corrected chi connectivity index (χ4v) is 5.02. The van der Waals surface area contributed by atoms with Gasteiger partial charge in [-0.05, 0) is 42.2 Å². The molecule has 1 N–H and O–H groups in total. The highest BCUT2D eigenvalue weighted by Gasteiger charge is 2.48. The highest BCUT2D eigenvalue weighted by atomic mass is 32.2. The van der Waals surface area contributed by atoms with E-state index in [0.717, 1.165) is 13.0 Å². The first-order valence-electron chi connectivity index (χ1n) is 8.52. The molecule has 1 heterocycles. The van der Waals surface area contributed by atoms with Crippen LogP contribution in [0.5, 0.6) is 0 Å². The van der Waals surface area contributed by atoms with Crippen molar-refractivity contribution in [1.82, 2.24) is 9.62 Å². The molecule has 1 aromatic rings. The van der Waals surface area contributed by atoms with Crippen LogP contribution in [-0.2, 0) is 10.0 Å². The van der Waals surface area contributed by atoms with Crippen molar-refractivity contribution in [3.05, 3.63) is 35.9 Å². The van der Waals surface area contributed by atoms with Crippen LogP contribution in [0.1, 0.15) is 38.2 Å². The predicted molar refractivity (Wildman–Crippen MR) is 93.9 cm³/mol. The normalized spacial score (nSPS) is 31.0. The number of hydrogen-bond donors (Lipinski definition) is 1. The van der Waals surface area contributed by atoms with Gasteiger partial charge in [-0.25, -0.2) is 12.7 Å². The highest BCUT2D eigenvalue weighted by Crippen LogP contribution is 2.52. The van der Waals surface area contributed by atoms with Gasteiger partial charge < -0.3 is 5.32 Å². The molecule has 5 heteroatoms. The maximum Gasteiger partial charge on any atom is 0.211 e. The summed E-state index contributed by atoms with van der Waals surface area (Å²) < 4.78 is 24.8. The average Bonchev–Trinajstić information content (AvgIpc) is 2.96. The number of sulfonamides is 1. The fourth-order valence-electron chi connectivity index (χ4n) is 4.10. The summed E-state index contributed by atoms with van der Waals surface area (Å²) in [4.78, 5) is 0. The largest absolute Gasteiger partial charge is 0.313 e. The molecule has 0 bridgehead atoms. The summed E-state index contributed by atoms with van der Waals surface area (Å²) in [5.74, 6) is 1.05. The van der Waals surface area contributed by atoms with Crippen LogP contribution in [0, 0.1) is 11.3 Å². The van der Waals surface area contributed by atoms with Crippen LogP contribution < -0.4 is 5.32 Å². The van der Waals surface area contributed by atoms with E-state index < -0.39 is 10.0 Å². The molecule has 1 aliphatic heterocycles. The van der Waals surface area contributed by atoms with Crippen LogP contribution in [0.2, 0.25) is 0 Å². The van der Waals surface area contributed by atoms with Gasteiger partial charge in [0, 0.05) is 19.1 Å². The molecule has 0 spiro atoms. The Hall–Kier alpha value is -0.910. The zero-order valence-corrected chi connectivity index (χ0v) is 15.1. The summed E-state index contributed by atoms with van der Waals surface area (Å²) >= 11 is 0. The fraction of sp³-hybridized carbons (Fsp3) is 0.667. The van der Waals surface area contributed by atoms with Crippen molar-refractivity contribution in [1.29, 1.82) is 0 Å². The monoisotopic (exact) mass is 336 g/mol. The number of rotatable bonds is 5. The lowest BCUT2D eigenvalue weighted by molar-refractivity contribution is 0.0664. The predicted octanol–water partition coefficient (Wildman–Crippen LogP) is 2.44. The quantitative estimate of drug-likeness (QED) is 0.898.